The number of carboxylic acid groups (broad SMARTS) is 2. The van der Waals surface area contributed by atoms with E-state index >= 15 is 0 Å². The summed E-state index contributed by atoms with van der Waals surface area (Å²) < 4.78 is 15.2. The van der Waals surface area contributed by atoms with Crippen LogP contribution in [0.2, 0.25) is 0 Å². The van der Waals surface area contributed by atoms with Gasteiger partial charge in [0, 0.05) is 11.5 Å². The van der Waals surface area contributed by atoms with Crippen molar-refractivity contribution in [2.45, 2.75) is 12.8 Å². The summed E-state index contributed by atoms with van der Waals surface area (Å²) in [5, 5.41) is 22.6. The van der Waals surface area contributed by atoms with E-state index in [4.69, 9.17) is 13.0 Å². The van der Waals surface area contributed by atoms with Crippen molar-refractivity contribution in [3.05, 3.63) is 71.7 Å². The number of aliphatic carboxylic acids is 2. The summed E-state index contributed by atoms with van der Waals surface area (Å²) in [6.45, 7) is -0.969. The summed E-state index contributed by atoms with van der Waals surface area (Å²) in [5.41, 5.74) is 1.69. The minimum absolute atomic E-state index is 0.347. The molecule has 0 aromatic heterocycles. The summed E-state index contributed by atoms with van der Waals surface area (Å²) in [5.74, 6) is -3.42. The fourth-order valence-corrected chi connectivity index (χ4v) is 5.64. The lowest BCUT2D eigenvalue weighted by Crippen LogP contribution is -2.37. The van der Waals surface area contributed by atoms with Gasteiger partial charge in [-0.2, -0.15) is 0 Å². The third kappa shape index (κ3) is 10.8. The van der Waals surface area contributed by atoms with E-state index in [1.54, 1.807) is 48.5 Å². The van der Waals surface area contributed by atoms with E-state index in [9.17, 15) is 19.2 Å². The van der Waals surface area contributed by atoms with Crippen molar-refractivity contribution in [1.29, 1.82) is 0 Å². The van der Waals surface area contributed by atoms with Crippen LogP contribution < -0.4 is 10.6 Å². The van der Waals surface area contributed by atoms with Gasteiger partial charge in [0.15, 0.2) is 0 Å². The Hall–Kier alpha value is -2.98. The first-order chi connectivity index (χ1) is 17.1. The molecule has 0 aliphatic rings. The Morgan fingerprint density at radius 3 is 1.41 bits per heavy atom. The third-order valence-electron chi connectivity index (χ3n) is 4.73. The molecule has 182 valence electrons. The maximum atomic E-state index is 12.6. The highest BCUT2D eigenvalue weighted by Gasteiger charge is 2.23. The first kappa shape index (κ1) is 24.2. The number of carbonyl (C=O) groups is 4. The van der Waals surface area contributed by atoms with E-state index in [0.29, 0.717) is 36.4 Å². The van der Waals surface area contributed by atoms with Crippen LogP contribution in [0.1, 0.15) is 13.9 Å². The summed E-state index contributed by atoms with van der Waals surface area (Å²) in [4.78, 5) is 46.9. The molecule has 2 aromatic rings. The highest BCUT2D eigenvalue weighted by Crippen LogP contribution is 2.29. The fraction of sp³-hybridized carbons (Fsp3) is 0.333. The average Bonchev–Trinajstić information content (AvgIpc) is 2.84. The third-order valence-corrected chi connectivity index (χ3v) is 7.29. The van der Waals surface area contributed by atoms with Gasteiger partial charge in [0.05, 0.1) is 14.6 Å². The topological polar surface area (TPSA) is 133 Å². The van der Waals surface area contributed by atoms with Crippen molar-refractivity contribution in [2.24, 2.45) is 11.8 Å². The van der Waals surface area contributed by atoms with Crippen LogP contribution in [0.15, 0.2) is 60.6 Å². The lowest BCUT2D eigenvalue weighted by Gasteiger charge is -2.18. The Kier molecular flexibility index (Phi) is 10.7. The van der Waals surface area contributed by atoms with Gasteiger partial charge in [0.2, 0.25) is 11.8 Å². The molecule has 4 N–H and O–H groups in total. The first-order valence-corrected chi connectivity index (χ1v) is 13.0. The monoisotopic (exact) mass is 506 g/mol. The van der Waals surface area contributed by atoms with Crippen LogP contribution in [0, 0.1) is 11.8 Å². The predicted octanol–water partition coefficient (Wildman–Crippen LogP) is 2.49. The molecule has 0 aliphatic carbocycles. The molecule has 0 fully saturated rings. The number of amides is 2. The Labute approximate surface area is 209 Å². The van der Waals surface area contributed by atoms with Crippen molar-refractivity contribution in [3.63, 3.8) is 0 Å². The number of hydrogen-bond donors (Lipinski definition) is 4. The standard InChI is InChI=1S/C24H28N2O6S2/c27-21(28)13-25-23(31)19(11-17-7-3-1-4-8-17)15-33-34-16-20(24(32)26-14-22(29)30)12-18-9-5-2-6-10-18/h1-10,19-20H,11-16H2,(H,25,31)(H,26,32)(H,27,28)(H,29,30)/i1D,2D. The van der Waals surface area contributed by atoms with E-state index in [0.717, 1.165) is 11.1 Å². The largest absolute Gasteiger partial charge is 0.480 e. The number of hydrogen-bond acceptors (Lipinski definition) is 6. The lowest BCUT2D eigenvalue weighted by atomic mass is 10.0. The molecule has 34 heavy (non-hydrogen) atoms. The zero-order valence-electron chi connectivity index (χ0n) is 20.4. The van der Waals surface area contributed by atoms with Crippen LogP contribution in [0.25, 0.3) is 0 Å². The van der Waals surface area contributed by atoms with Crippen molar-refractivity contribution in [2.75, 3.05) is 24.6 Å². The average molecular weight is 507 g/mol. The summed E-state index contributed by atoms with van der Waals surface area (Å²) in [6, 6.07) is 14.2. The van der Waals surface area contributed by atoms with Crippen molar-refractivity contribution >= 4 is 45.3 Å². The van der Waals surface area contributed by atoms with Crippen LogP contribution in [-0.4, -0.2) is 58.6 Å². The van der Waals surface area contributed by atoms with Gasteiger partial charge in [-0.05, 0) is 24.0 Å². The van der Waals surface area contributed by atoms with Gasteiger partial charge in [0.25, 0.3) is 0 Å². The minimum Gasteiger partial charge on any atom is -0.480 e. The molecule has 2 unspecified atom stereocenters. The molecule has 0 saturated heterocycles. The van der Waals surface area contributed by atoms with Crippen LogP contribution in [0.4, 0.5) is 0 Å². The molecule has 8 nitrogen and oxygen atoms in total. The van der Waals surface area contributed by atoms with E-state index in [1.165, 1.54) is 21.6 Å². The van der Waals surface area contributed by atoms with Crippen molar-refractivity contribution in [1.82, 2.24) is 10.6 Å². The smallest absolute Gasteiger partial charge is 0.322 e. The van der Waals surface area contributed by atoms with E-state index in [2.05, 4.69) is 10.6 Å². The zero-order chi connectivity index (χ0) is 26.5. The quantitative estimate of drug-likeness (QED) is 0.214. The molecule has 2 atom stereocenters. The molecule has 0 spiro atoms. The molecule has 2 rings (SSSR count). The van der Waals surface area contributed by atoms with Gasteiger partial charge in [-0.3, -0.25) is 19.2 Å². The Morgan fingerprint density at radius 2 is 1.09 bits per heavy atom. The number of carbonyl (C=O) groups excluding carboxylic acids is 2. The highest BCUT2D eigenvalue weighted by atomic mass is 33.1. The van der Waals surface area contributed by atoms with Crippen LogP contribution >= 0.6 is 21.6 Å². The SMILES string of the molecule is [2H]c1ccc(CC(CSSCC(Cc2ccc([2H])cc2)C(=O)NCC(=O)O)C(=O)NCC(=O)O)cc1. The molecule has 2 amide bonds. The van der Waals surface area contributed by atoms with E-state index in [1.807, 2.05) is 0 Å². The maximum Gasteiger partial charge on any atom is 0.322 e. The second-order valence-electron chi connectivity index (χ2n) is 7.41. The molecule has 0 heterocycles. The Morgan fingerprint density at radius 1 is 0.735 bits per heavy atom. The molecule has 0 saturated carbocycles. The number of benzene rings is 2. The van der Waals surface area contributed by atoms with Crippen molar-refractivity contribution in [3.8, 4) is 0 Å². The van der Waals surface area contributed by atoms with E-state index < -0.39 is 48.7 Å². The molecule has 2 aromatic carbocycles. The molecular formula is C24H28N2O6S2. The number of rotatable bonds is 15. The minimum atomic E-state index is -1.14. The normalized spacial score (nSPS) is 13.2. The Bertz CT molecular complexity index is 954. The molecule has 0 aliphatic heterocycles. The van der Waals surface area contributed by atoms with Gasteiger partial charge in [-0.1, -0.05) is 82.2 Å². The van der Waals surface area contributed by atoms with Gasteiger partial charge in [0.1, 0.15) is 13.1 Å². The molecule has 0 radical (unpaired) electrons. The Balaban J connectivity index is 2.00. The van der Waals surface area contributed by atoms with Crippen LogP contribution in [0.3, 0.4) is 0 Å². The second-order valence-corrected chi connectivity index (χ2v) is 9.96. The molecule has 10 heteroatoms. The van der Waals surface area contributed by atoms with E-state index in [-0.39, 0.29) is 0 Å². The molecular weight excluding hydrogens is 476 g/mol. The highest BCUT2D eigenvalue weighted by molar-refractivity contribution is 8.76. The summed E-state index contributed by atoms with van der Waals surface area (Å²) in [6.07, 6.45) is 0.725. The zero-order valence-corrected chi connectivity index (χ0v) is 20.0. The van der Waals surface area contributed by atoms with Gasteiger partial charge >= 0.3 is 11.9 Å². The number of carboxylic acids is 2. The van der Waals surface area contributed by atoms with Crippen LogP contribution in [0.5, 0.6) is 0 Å². The van der Waals surface area contributed by atoms with Gasteiger partial charge in [-0.25, -0.2) is 0 Å². The van der Waals surface area contributed by atoms with Crippen molar-refractivity contribution < 1.29 is 32.1 Å². The van der Waals surface area contributed by atoms with Gasteiger partial charge in [-0.15, -0.1) is 0 Å². The lowest BCUT2D eigenvalue weighted by molar-refractivity contribution is -0.138. The predicted molar refractivity (Wildman–Crippen MR) is 133 cm³/mol. The van der Waals surface area contributed by atoms with Gasteiger partial charge < -0.3 is 20.8 Å². The first-order valence-electron chi connectivity index (χ1n) is 11.5. The summed E-state index contributed by atoms with van der Waals surface area (Å²) in [7, 11) is 2.75. The molecule has 0 bridgehead atoms. The van der Waals surface area contributed by atoms with Crippen LogP contribution in [-0.2, 0) is 32.0 Å². The number of nitrogens with one attached hydrogen (secondary N) is 2. The summed E-state index contributed by atoms with van der Waals surface area (Å²) >= 11 is 0. The fourth-order valence-electron chi connectivity index (χ4n) is 3.01. The maximum absolute atomic E-state index is 12.6. The second kappa shape index (κ2) is 15.0.